The van der Waals surface area contributed by atoms with Gasteiger partial charge in [0.2, 0.25) is 5.91 Å². The van der Waals surface area contributed by atoms with Crippen LogP contribution in [0.15, 0.2) is 17.1 Å². The van der Waals surface area contributed by atoms with Crippen LogP contribution in [0.3, 0.4) is 0 Å². The minimum absolute atomic E-state index is 0.0456. The Hall–Kier alpha value is -1.85. The zero-order valence-electron chi connectivity index (χ0n) is 12.6. The average Bonchev–Trinajstić information content (AvgIpc) is 2.36. The molecule has 2 N–H and O–H groups in total. The lowest BCUT2D eigenvalue weighted by molar-refractivity contribution is -0.122. The lowest BCUT2D eigenvalue weighted by atomic mass is 10.2. The van der Waals surface area contributed by atoms with Crippen molar-refractivity contribution in [3.8, 4) is 0 Å². The van der Waals surface area contributed by atoms with Gasteiger partial charge >= 0.3 is 0 Å². The Labute approximate surface area is 119 Å². The summed E-state index contributed by atoms with van der Waals surface area (Å²) >= 11 is 0. The molecule has 0 saturated carbocycles. The second kappa shape index (κ2) is 7.67. The van der Waals surface area contributed by atoms with Crippen LogP contribution in [-0.2, 0) is 11.3 Å². The summed E-state index contributed by atoms with van der Waals surface area (Å²) in [6, 6.07) is 1.46. The summed E-state index contributed by atoms with van der Waals surface area (Å²) in [5, 5.41) is 9.89. The fraction of sp³-hybridized carbons (Fsp3) is 0.643. The van der Waals surface area contributed by atoms with Gasteiger partial charge in [-0.25, -0.2) is 4.68 Å². The number of hydrogen-bond acceptors (Lipinski definition) is 4. The molecule has 1 heterocycles. The molecule has 0 aromatic carbocycles. The molecule has 6 heteroatoms. The summed E-state index contributed by atoms with van der Waals surface area (Å²) in [4.78, 5) is 23.5. The Kier molecular flexibility index (Phi) is 6.21. The van der Waals surface area contributed by atoms with Gasteiger partial charge < -0.3 is 10.6 Å². The standard InChI is InChI=1S/C14H24N4O2/c1-10(2)6-15-12-5-14(20)18(17-8-12)9-13(19)16-7-11(3)4/h5,8,10-11,15H,6-7,9H2,1-4H3,(H,16,19). The molecule has 112 valence electrons. The van der Waals surface area contributed by atoms with Crippen LogP contribution in [0.5, 0.6) is 0 Å². The molecule has 6 nitrogen and oxygen atoms in total. The van der Waals surface area contributed by atoms with Gasteiger partial charge in [-0.2, -0.15) is 5.10 Å². The summed E-state index contributed by atoms with van der Waals surface area (Å²) in [5.41, 5.74) is 0.404. The Bertz CT molecular complexity index is 494. The highest BCUT2D eigenvalue weighted by Gasteiger charge is 2.07. The molecular weight excluding hydrogens is 256 g/mol. The van der Waals surface area contributed by atoms with Gasteiger partial charge in [-0.3, -0.25) is 9.59 Å². The molecule has 1 aromatic heterocycles. The van der Waals surface area contributed by atoms with E-state index in [2.05, 4.69) is 29.6 Å². The number of anilines is 1. The van der Waals surface area contributed by atoms with Crippen molar-refractivity contribution in [3.05, 3.63) is 22.6 Å². The smallest absolute Gasteiger partial charge is 0.269 e. The summed E-state index contributed by atoms with van der Waals surface area (Å²) in [6.45, 7) is 9.53. The number of amides is 1. The van der Waals surface area contributed by atoms with E-state index in [-0.39, 0.29) is 18.0 Å². The third-order valence-electron chi connectivity index (χ3n) is 2.58. The maximum Gasteiger partial charge on any atom is 0.269 e. The Morgan fingerprint density at radius 3 is 2.45 bits per heavy atom. The molecule has 1 aromatic rings. The van der Waals surface area contributed by atoms with Gasteiger partial charge in [0.25, 0.3) is 5.56 Å². The van der Waals surface area contributed by atoms with Crippen LogP contribution >= 0.6 is 0 Å². The van der Waals surface area contributed by atoms with Gasteiger partial charge in [-0.15, -0.1) is 0 Å². The fourth-order valence-electron chi connectivity index (χ4n) is 1.48. The number of nitrogens with zero attached hydrogens (tertiary/aromatic N) is 2. The van der Waals surface area contributed by atoms with Crippen molar-refractivity contribution < 1.29 is 4.79 Å². The van der Waals surface area contributed by atoms with E-state index in [0.29, 0.717) is 24.1 Å². The minimum atomic E-state index is -0.279. The number of rotatable bonds is 7. The van der Waals surface area contributed by atoms with Crippen LogP contribution in [0.2, 0.25) is 0 Å². The van der Waals surface area contributed by atoms with Gasteiger partial charge in [0, 0.05) is 19.2 Å². The first-order chi connectivity index (χ1) is 9.38. The van der Waals surface area contributed by atoms with E-state index in [1.165, 1.54) is 6.07 Å². The van der Waals surface area contributed by atoms with Gasteiger partial charge in [0.1, 0.15) is 6.54 Å². The monoisotopic (exact) mass is 280 g/mol. The second-order valence-electron chi connectivity index (χ2n) is 5.71. The average molecular weight is 280 g/mol. The van der Waals surface area contributed by atoms with E-state index in [0.717, 1.165) is 11.2 Å². The Morgan fingerprint density at radius 1 is 1.25 bits per heavy atom. The zero-order chi connectivity index (χ0) is 15.1. The molecule has 0 atom stereocenters. The molecule has 0 spiro atoms. The van der Waals surface area contributed by atoms with Crippen LogP contribution in [0.4, 0.5) is 5.69 Å². The Balaban J connectivity index is 2.59. The molecular formula is C14H24N4O2. The highest BCUT2D eigenvalue weighted by atomic mass is 16.2. The summed E-state index contributed by atoms with van der Waals surface area (Å²) < 4.78 is 1.16. The van der Waals surface area contributed by atoms with Crippen LogP contribution < -0.4 is 16.2 Å². The molecule has 0 unspecified atom stereocenters. The molecule has 0 bridgehead atoms. The molecule has 0 saturated heterocycles. The first-order valence-electron chi connectivity index (χ1n) is 6.96. The van der Waals surface area contributed by atoms with Crippen LogP contribution in [0.25, 0.3) is 0 Å². The lowest BCUT2D eigenvalue weighted by Gasteiger charge is -2.10. The number of aromatic nitrogens is 2. The van der Waals surface area contributed by atoms with Gasteiger partial charge in [-0.1, -0.05) is 27.7 Å². The van der Waals surface area contributed by atoms with Crippen LogP contribution in [-0.4, -0.2) is 28.8 Å². The highest BCUT2D eigenvalue weighted by molar-refractivity contribution is 5.75. The molecule has 0 fully saturated rings. The highest BCUT2D eigenvalue weighted by Crippen LogP contribution is 2.01. The van der Waals surface area contributed by atoms with Crippen LogP contribution in [0.1, 0.15) is 27.7 Å². The van der Waals surface area contributed by atoms with Crippen molar-refractivity contribution in [3.63, 3.8) is 0 Å². The first-order valence-corrected chi connectivity index (χ1v) is 6.96. The number of hydrogen-bond donors (Lipinski definition) is 2. The summed E-state index contributed by atoms with van der Waals surface area (Å²) in [5.74, 6) is 0.668. The van der Waals surface area contributed by atoms with Gasteiger partial charge in [0.15, 0.2) is 0 Å². The van der Waals surface area contributed by atoms with E-state index in [1.807, 2.05) is 13.8 Å². The maximum absolute atomic E-state index is 11.8. The summed E-state index contributed by atoms with van der Waals surface area (Å²) in [7, 11) is 0. The molecule has 20 heavy (non-hydrogen) atoms. The number of carbonyl (C=O) groups excluding carboxylic acids is 1. The van der Waals surface area contributed by atoms with Crippen molar-refractivity contribution >= 4 is 11.6 Å². The second-order valence-corrected chi connectivity index (χ2v) is 5.71. The Morgan fingerprint density at radius 2 is 1.90 bits per heavy atom. The van der Waals surface area contributed by atoms with Crippen molar-refractivity contribution in [1.29, 1.82) is 0 Å². The third-order valence-corrected chi connectivity index (χ3v) is 2.58. The largest absolute Gasteiger partial charge is 0.383 e. The van der Waals surface area contributed by atoms with Crippen molar-refractivity contribution in [1.82, 2.24) is 15.1 Å². The fourth-order valence-corrected chi connectivity index (χ4v) is 1.48. The quantitative estimate of drug-likeness (QED) is 0.783. The van der Waals surface area contributed by atoms with Crippen molar-refractivity contribution in [2.24, 2.45) is 11.8 Å². The van der Waals surface area contributed by atoms with E-state index in [4.69, 9.17) is 0 Å². The molecule has 0 aliphatic heterocycles. The van der Waals surface area contributed by atoms with Gasteiger partial charge in [0.05, 0.1) is 11.9 Å². The predicted molar refractivity (Wildman–Crippen MR) is 79.7 cm³/mol. The van der Waals surface area contributed by atoms with E-state index < -0.39 is 0 Å². The van der Waals surface area contributed by atoms with E-state index in [1.54, 1.807) is 6.20 Å². The maximum atomic E-state index is 11.8. The number of nitrogens with one attached hydrogen (secondary N) is 2. The normalized spacial score (nSPS) is 10.9. The predicted octanol–water partition coefficient (Wildman–Crippen LogP) is 1.08. The third kappa shape index (κ3) is 5.86. The lowest BCUT2D eigenvalue weighted by Crippen LogP contribution is -2.35. The molecule has 0 radical (unpaired) electrons. The van der Waals surface area contributed by atoms with Crippen molar-refractivity contribution in [2.45, 2.75) is 34.2 Å². The molecule has 0 aliphatic carbocycles. The molecule has 0 aliphatic rings. The molecule has 1 amide bonds. The molecule has 1 rings (SSSR count). The van der Waals surface area contributed by atoms with E-state index >= 15 is 0 Å². The number of carbonyl (C=O) groups is 1. The topological polar surface area (TPSA) is 76.0 Å². The van der Waals surface area contributed by atoms with E-state index in [9.17, 15) is 9.59 Å². The minimum Gasteiger partial charge on any atom is -0.383 e. The first kappa shape index (κ1) is 16.2. The van der Waals surface area contributed by atoms with Crippen molar-refractivity contribution in [2.75, 3.05) is 18.4 Å². The summed E-state index contributed by atoms with van der Waals surface area (Å²) in [6.07, 6.45) is 1.57. The van der Waals surface area contributed by atoms with Crippen LogP contribution in [0, 0.1) is 11.8 Å². The van der Waals surface area contributed by atoms with Gasteiger partial charge in [-0.05, 0) is 11.8 Å². The SMILES string of the molecule is CC(C)CNC(=O)Cn1ncc(NCC(C)C)cc1=O. The zero-order valence-corrected chi connectivity index (χ0v) is 12.6.